The first kappa shape index (κ1) is 12.0. The van der Waals surface area contributed by atoms with Crippen molar-refractivity contribution in [2.24, 2.45) is 0 Å². The molecule has 0 amide bonds. The number of aromatic amines is 1. The first-order chi connectivity index (χ1) is 9.22. The van der Waals surface area contributed by atoms with Gasteiger partial charge in [0.05, 0.1) is 23.9 Å². The van der Waals surface area contributed by atoms with Crippen LogP contribution in [0.2, 0.25) is 0 Å². The molecule has 98 valence electrons. The summed E-state index contributed by atoms with van der Waals surface area (Å²) in [7, 11) is 0. The van der Waals surface area contributed by atoms with Gasteiger partial charge < -0.3 is 4.98 Å². The second-order valence-electron chi connectivity index (χ2n) is 4.87. The van der Waals surface area contributed by atoms with E-state index < -0.39 is 0 Å². The van der Waals surface area contributed by atoms with Gasteiger partial charge in [-0.1, -0.05) is 0 Å². The highest BCUT2D eigenvalue weighted by Crippen LogP contribution is 2.13. The fourth-order valence-electron chi connectivity index (χ4n) is 2.36. The third-order valence-electron chi connectivity index (χ3n) is 3.52. The maximum atomic E-state index is 12.2. The molecule has 5 heteroatoms. The standard InChI is InChI=1S/C14H15N3O2/c18-11-3-5-17(6-4-11)8-14(19)10-1-2-12-13(7-10)16-9-15-12/h1-2,7,9H,3-6,8H2,(H,15,16). The molecule has 0 unspecified atom stereocenters. The summed E-state index contributed by atoms with van der Waals surface area (Å²) in [6.07, 6.45) is 2.74. The minimum atomic E-state index is 0.0887. The van der Waals surface area contributed by atoms with Crippen molar-refractivity contribution in [1.29, 1.82) is 0 Å². The van der Waals surface area contributed by atoms with E-state index in [4.69, 9.17) is 0 Å². The lowest BCUT2D eigenvalue weighted by Crippen LogP contribution is -2.37. The molecule has 0 spiro atoms. The lowest BCUT2D eigenvalue weighted by atomic mass is 10.1. The monoisotopic (exact) mass is 257 g/mol. The predicted molar refractivity (Wildman–Crippen MR) is 71.1 cm³/mol. The van der Waals surface area contributed by atoms with Crippen LogP contribution in [0.3, 0.4) is 0 Å². The molecule has 3 rings (SSSR count). The molecule has 19 heavy (non-hydrogen) atoms. The Morgan fingerprint density at radius 3 is 2.89 bits per heavy atom. The number of aromatic nitrogens is 2. The molecule has 0 radical (unpaired) electrons. The van der Waals surface area contributed by atoms with E-state index in [9.17, 15) is 9.59 Å². The summed E-state index contributed by atoms with van der Waals surface area (Å²) >= 11 is 0. The Labute approximate surface area is 110 Å². The normalized spacial score (nSPS) is 16.9. The van der Waals surface area contributed by atoms with Crippen LogP contribution in [0.4, 0.5) is 0 Å². The number of imidazole rings is 1. The van der Waals surface area contributed by atoms with Crippen LogP contribution in [-0.4, -0.2) is 46.1 Å². The van der Waals surface area contributed by atoms with Gasteiger partial charge in [0.25, 0.3) is 0 Å². The van der Waals surface area contributed by atoms with Crippen LogP contribution >= 0.6 is 0 Å². The average Bonchev–Trinajstić information content (AvgIpc) is 2.88. The molecule has 2 aromatic rings. The Kier molecular flexibility index (Phi) is 3.13. The van der Waals surface area contributed by atoms with E-state index in [1.165, 1.54) is 0 Å². The number of hydrogen-bond acceptors (Lipinski definition) is 4. The van der Waals surface area contributed by atoms with Crippen LogP contribution < -0.4 is 0 Å². The van der Waals surface area contributed by atoms with Crippen LogP contribution in [0.1, 0.15) is 23.2 Å². The fraction of sp³-hybridized carbons (Fsp3) is 0.357. The van der Waals surface area contributed by atoms with Crippen molar-refractivity contribution in [3.8, 4) is 0 Å². The summed E-state index contributed by atoms with van der Waals surface area (Å²) < 4.78 is 0. The summed E-state index contributed by atoms with van der Waals surface area (Å²) in [5.41, 5.74) is 2.42. The number of nitrogens with one attached hydrogen (secondary N) is 1. The Morgan fingerprint density at radius 2 is 2.11 bits per heavy atom. The maximum absolute atomic E-state index is 12.2. The summed E-state index contributed by atoms with van der Waals surface area (Å²) in [5.74, 6) is 0.383. The van der Waals surface area contributed by atoms with Crippen LogP contribution in [0.5, 0.6) is 0 Å². The van der Waals surface area contributed by atoms with Gasteiger partial charge in [-0.2, -0.15) is 0 Å². The number of Topliss-reactive ketones (excluding diaryl/α,β-unsaturated/α-hetero) is 2. The highest BCUT2D eigenvalue weighted by atomic mass is 16.1. The van der Waals surface area contributed by atoms with E-state index in [-0.39, 0.29) is 5.78 Å². The lowest BCUT2D eigenvalue weighted by molar-refractivity contribution is -0.121. The summed E-state index contributed by atoms with van der Waals surface area (Å²) in [5, 5.41) is 0. The number of H-pyrrole nitrogens is 1. The number of benzene rings is 1. The molecule has 1 saturated heterocycles. The molecular formula is C14H15N3O2. The van der Waals surface area contributed by atoms with E-state index in [0.717, 1.165) is 11.0 Å². The molecule has 1 aliphatic heterocycles. The van der Waals surface area contributed by atoms with Crippen molar-refractivity contribution in [2.75, 3.05) is 19.6 Å². The molecule has 2 heterocycles. The van der Waals surface area contributed by atoms with Gasteiger partial charge in [0, 0.05) is 31.5 Å². The largest absolute Gasteiger partial charge is 0.345 e. The minimum Gasteiger partial charge on any atom is -0.345 e. The number of piperidine rings is 1. The maximum Gasteiger partial charge on any atom is 0.176 e. The summed E-state index contributed by atoms with van der Waals surface area (Å²) in [4.78, 5) is 32.5. The van der Waals surface area contributed by atoms with Crippen molar-refractivity contribution >= 4 is 22.6 Å². The fourth-order valence-corrected chi connectivity index (χ4v) is 2.36. The zero-order chi connectivity index (χ0) is 13.2. The van der Waals surface area contributed by atoms with Crippen molar-refractivity contribution < 1.29 is 9.59 Å². The number of hydrogen-bond donors (Lipinski definition) is 1. The zero-order valence-electron chi connectivity index (χ0n) is 10.6. The topological polar surface area (TPSA) is 66.1 Å². The molecule has 1 aromatic heterocycles. The Morgan fingerprint density at radius 1 is 1.32 bits per heavy atom. The molecule has 0 saturated carbocycles. The molecule has 1 aliphatic rings. The third kappa shape index (κ3) is 2.56. The van der Waals surface area contributed by atoms with Crippen LogP contribution in [-0.2, 0) is 4.79 Å². The van der Waals surface area contributed by atoms with Gasteiger partial charge in [0.1, 0.15) is 5.78 Å². The molecule has 1 N–H and O–H groups in total. The predicted octanol–water partition coefficient (Wildman–Crippen LogP) is 1.41. The molecule has 0 atom stereocenters. The Balaban J connectivity index is 1.71. The Hall–Kier alpha value is -2.01. The van der Waals surface area contributed by atoms with E-state index in [1.807, 2.05) is 17.0 Å². The number of ketones is 2. The minimum absolute atomic E-state index is 0.0887. The first-order valence-electron chi connectivity index (χ1n) is 6.43. The van der Waals surface area contributed by atoms with Crippen molar-refractivity contribution in [3.63, 3.8) is 0 Å². The summed E-state index contributed by atoms with van der Waals surface area (Å²) in [6, 6.07) is 5.49. The number of likely N-dealkylation sites (tertiary alicyclic amines) is 1. The van der Waals surface area contributed by atoms with Gasteiger partial charge >= 0.3 is 0 Å². The number of nitrogens with zero attached hydrogens (tertiary/aromatic N) is 2. The molecule has 5 nitrogen and oxygen atoms in total. The van der Waals surface area contributed by atoms with Crippen molar-refractivity contribution in [3.05, 3.63) is 30.1 Å². The Bertz CT molecular complexity index is 622. The van der Waals surface area contributed by atoms with Gasteiger partial charge in [-0.15, -0.1) is 0 Å². The average molecular weight is 257 g/mol. The van der Waals surface area contributed by atoms with Crippen LogP contribution in [0.25, 0.3) is 11.0 Å². The second-order valence-corrected chi connectivity index (χ2v) is 4.87. The SMILES string of the molecule is O=C1CCN(CC(=O)c2ccc3nc[nH]c3c2)CC1. The van der Waals surface area contributed by atoms with Gasteiger partial charge in [0.2, 0.25) is 0 Å². The van der Waals surface area contributed by atoms with Gasteiger partial charge in [-0.05, 0) is 18.2 Å². The van der Waals surface area contributed by atoms with E-state index in [0.29, 0.717) is 43.8 Å². The lowest BCUT2D eigenvalue weighted by Gasteiger charge is -2.24. The van der Waals surface area contributed by atoms with E-state index in [2.05, 4.69) is 9.97 Å². The number of fused-ring (bicyclic) bond motifs is 1. The molecule has 1 fully saturated rings. The van der Waals surface area contributed by atoms with E-state index in [1.54, 1.807) is 12.4 Å². The number of carbonyl (C=O) groups excluding carboxylic acids is 2. The molecule has 1 aromatic carbocycles. The number of carbonyl (C=O) groups is 2. The smallest absolute Gasteiger partial charge is 0.176 e. The first-order valence-corrected chi connectivity index (χ1v) is 6.43. The molecular weight excluding hydrogens is 242 g/mol. The quantitative estimate of drug-likeness (QED) is 0.844. The van der Waals surface area contributed by atoms with Gasteiger partial charge in [0.15, 0.2) is 5.78 Å². The van der Waals surface area contributed by atoms with Crippen LogP contribution in [0.15, 0.2) is 24.5 Å². The van der Waals surface area contributed by atoms with Gasteiger partial charge in [-0.3, -0.25) is 14.5 Å². The highest BCUT2D eigenvalue weighted by molar-refractivity contribution is 6.00. The third-order valence-corrected chi connectivity index (χ3v) is 3.52. The van der Waals surface area contributed by atoms with Crippen LogP contribution in [0, 0.1) is 0 Å². The van der Waals surface area contributed by atoms with Crippen molar-refractivity contribution in [1.82, 2.24) is 14.9 Å². The van der Waals surface area contributed by atoms with E-state index >= 15 is 0 Å². The highest BCUT2D eigenvalue weighted by Gasteiger charge is 2.19. The zero-order valence-corrected chi connectivity index (χ0v) is 10.6. The van der Waals surface area contributed by atoms with Crippen molar-refractivity contribution in [2.45, 2.75) is 12.8 Å². The molecule has 0 aliphatic carbocycles. The number of rotatable bonds is 3. The summed E-state index contributed by atoms with van der Waals surface area (Å²) in [6.45, 7) is 1.76. The second kappa shape index (κ2) is 4.93. The van der Waals surface area contributed by atoms with Gasteiger partial charge in [-0.25, -0.2) is 4.98 Å². The molecule has 0 bridgehead atoms.